The van der Waals surface area contributed by atoms with Crippen molar-refractivity contribution in [3.05, 3.63) is 59.2 Å². The second-order valence-electron chi connectivity index (χ2n) is 6.50. The highest BCUT2D eigenvalue weighted by molar-refractivity contribution is 7.80. The van der Waals surface area contributed by atoms with Crippen LogP contribution >= 0.6 is 12.2 Å². The topological polar surface area (TPSA) is 21.7 Å². The summed E-state index contributed by atoms with van der Waals surface area (Å²) in [4.78, 5) is 3.20. The summed E-state index contributed by atoms with van der Waals surface area (Å²) in [6.45, 7) is 4.70. The van der Waals surface area contributed by atoms with Crippen LogP contribution in [0.3, 0.4) is 0 Å². The first-order chi connectivity index (χ1) is 12.2. The van der Waals surface area contributed by atoms with Gasteiger partial charge < -0.3 is 14.4 Å². The molecule has 0 aromatic heterocycles. The van der Waals surface area contributed by atoms with Crippen molar-refractivity contribution < 1.29 is 9.47 Å². The molecule has 1 saturated heterocycles. The SMILES string of the molecule is COc1cc(C(=S)N2CCCCC2)ccc1OCc1cccc(C)c1. The Morgan fingerprint density at radius 2 is 1.84 bits per heavy atom. The third-order valence-electron chi connectivity index (χ3n) is 4.53. The van der Waals surface area contributed by atoms with Crippen molar-refractivity contribution in [2.24, 2.45) is 0 Å². The zero-order chi connectivity index (χ0) is 17.6. The lowest BCUT2D eigenvalue weighted by molar-refractivity contribution is 0.284. The van der Waals surface area contributed by atoms with Crippen LogP contribution in [0.2, 0.25) is 0 Å². The molecule has 4 heteroatoms. The largest absolute Gasteiger partial charge is 0.493 e. The average molecular weight is 356 g/mol. The first-order valence-corrected chi connectivity index (χ1v) is 9.24. The summed E-state index contributed by atoms with van der Waals surface area (Å²) >= 11 is 5.68. The summed E-state index contributed by atoms with van der Waals surface area (Å²) in [5.74, 6) is 1.47. The van der Waals surface area contributed by atoms with Gasteiger partial charge in [-0.2, -0.15) is 0 Å². The summed E-state index contributed by atoms with van der Waals surface area (Å²) < 4.78 is 11.5. The van der Waals surface area contributed by atoms with Crippen LogP contribution in [0.1, 0.15) is 36.0 Å². The second kappa shape index (κ2) is 8.34. The smallest absolute Gasteiger partial charge is 0.161 e. The number of rotatable bonds is 5. The third kappa shape index (κ3) is 4.51. The molecule has 0 spiro atoms. The molecule has 0 N–H and O–H groups in total. The average Bonchev–Trinajstić information content (AvgIpc) is 2.66. The van der Waals surface area contributed by atoms with Gasteiger partial charge in [0.25, 0.3) is 0 Å². The van der Waals surface area contributed by atoms with Crippen molar-refractivity contribution in [2.45, 2.75) is 32.8 Å². The maximum atomic E-state index is 5.97. The Morgan fingerprint density at radius 3 is 2.56 bits per heavy atom. The number of benzene rings is 2. The van der Waals surface area contributed by atoms with Crippen LogP contribution in [0, 0.1) is 6.92 Å². The van der Waals surface area contributed by atoms with Crippen molar-refractivity contribution in [3.63, 3.8) is 0 Å². The fraction of sp³-hybridized carbons (Fsp3) is 0.381. The van der Waals surface area contributed by atoms with Gasteiger partial charge in [0, 0.05) is 18.7 Å². The van der Waals surface area contributed by atoms with Gasteiger partial charge in [-0.25, -0.2) is 0 Å². The fourth-order valence-electron chi connectivity index (χ4n) is 3.16. The van der Waals surface area contributed by atoms with Crippen molar-refractivity contribution >= 4 is 17.2 Å². The van der Waals surface area contributed by atoms with E-state index in [-0.39, 0.29) is 0 Å². The number of methoxy groups -OCH3 is 1. The van der Waals surface area contributed by atoms with E-state index in [0.29, 0.717) is 6.61 Å². The van der Waals surface area contributed by atoms with Crippen molar-refractivity contribution in [2.75, 3.05) is 20.2 Å². The molecule has 2 aromatic rings. The third-order valence-corrected chi connectivity index (χ3v) is 5.02. The second-order valence-corrected chi connectivity index (χ2v) is 6.88. The Kier molecular flexibility index (Phi) is 5.92. The molecule has 1 aliphatic rings. The maximum absolute atomic E-state index is 5.97. The minimum Gasteiger partial charge on any atom is -0.493 e. The number of aryl methyl sites for hydroxylation is 1. The molecular formula is C21H25NO2S. The molecular weight excluding hydrogens is 330 g/mol. The number of likely N-dealkylation sites (tertiary alicyclic amines) is 1. The quantitative estimate of drug-likeness (QED) is 0.722. The number of hydrogen-bond donors (Lipinski definition) is 0. The molecule has 3 nitrogen and oxygen atoms in total. The summed E-state index contributed by atoms with van der Waals surface area (Å²) in [6.07, 6.45) is 3.73. The molecule has 0 amide bonds. The lowest BCUT2D eigenvalue weighted by atomic mass is 10.1. The van der Waals surface area contributed by atoms with Gasteiger partial charge in [-0.15, -0.1) is 0 Å². The van der Waals surface area contributed by atoms with Gasteiger partial charge in [-0.05, 0) is 49.9 Å². The Hall–Kier alpha value is -2.07. The van der Waals surface area contributed by atoms with E-state index in [1.54, 1.807) is 7.11 Å². The maximum Gasteiger partial charge on any atom is 0.161 e. The number of hydrogen-bond acceptors (Lipinski definition) is 3. The predicted octanol–water partition coefficient (Wildman–Crippen LogP) is 4.74. The summed E-state index contributed by atoms with van der Waals surface area (Å²) in [5.41, 5.74) is 3.40. The van der Waals surface area contributed by atoms with Gasteiger partial charge in [0.1, 0.15) is 11.6 Å². The monoisotopic (exact) mass is 355 g/mol. The molecule has 1 aliphatic heterocycles. The first kappa shape index (κ1) is 17.7. The highest BCUT2D eigenvalue weighted by atomic mass is 32.1. The molecule has 0 radical (unpaired) electrons. The van der Waals surface area contributed by atoms with Gasteiger partial charge in [-0.3, -0.25) is 0 Å². The Balaban J connectivity index is 1.71. The van der Waals surface area contributed by atoms with E-state index in [0.717, 1.165) is 40.7 Å². The molecule has 0 saturated carbocycles. The minimum atomic E-state index is 0.522. The number of ether oxygens (including phenoxy) is 2. The Labute approximate surface area is 155 Å². The predicted molar refractivity (Wildman–Crippen MR) is 106 cm³/mol. The summed E-state index contributed by atoms with van der Waals surface area (Å²) in [6, 6.07) is 14.3. The molecule has 1 heterocycles. The molecule has 0 bridgehead atoms. The molecule has 3 rings (SSSR count). The first-order valence-electron chi connectivity index (χ1n) is 8.83. The van der Waals surface area contributed by atoms with Crippen molar-refractivity contribution in [1.82, 2.24) is 4.90 Å². The van der Waals surface area contributed by atoms with E-state index in [1.165, 1.54) is 24.8 Å². The summed E-state index contributed by atoms with van der Waals surface area (Å²) in [5, 5.41) is 0. The molecule has 0 atom stereocenters. The number of nitrogens with zero attached hydrogens (tertiary/aromatic N) is 1. The lowest BCUT2D eigenvalue weighted by Gasteiger charge is -2.29. The molecule has 25 heavy (non-hydrogen) atoms. The molecule has 0 unspecified atom stereocenters. The molecule has 132 valence electrons. The molecule has 2 aromatic carbocycles. The Bertz CT molecular complexity index is 738. The van der Waals surface area contributed by atoms with E-state index in [2.05, 4.69) is 30.0 Å². The zero-order valence-electron chi connectivity index (χ0n) is 15.0. The van der Waals surface area contributed by atoms with E-state index in [9.17, 15) is 0 Å². The van der Waals surface area contributed by atoms with Crippen LogP contribution < -0.4 is 9.47 Å². The van der Waals surface area contributed by atoms with Crippen LogP contribution in [0.25, 0.3) is 0 Å². The van der Waals surface area contributed by atoms with Crippen LogP contribution in [-0.4, -0.2) is 30.1 Å². The van der Waals surface area contributed by atoms with Crippen LogP contribution in [0.5, 0.6) is 11.5 Å². The van der Waals surface area contributed by atoms with Gasteiger partial charge in [-0.1, -0.05) is 42.0 Å². The summed E-state index contributed by atoms with van der Waals surface area (Å²) in [7, 11) is 1.67. The minimum absolute atomic E-state index is 0.522. The van der Waals surface area contributed by atoms with E-state index < -0.39 is 0 Å². The number of piperidine rings is 1. The van der Waals surface area contributed by atoms with Crippen LogP contribution in [0.15, 0.2) is 42.5 Å². The van der Waals surface area contributed by atoms with E-state index >= 15 is 0 Å². The number of thiocarbonyl (C=S) groups is 1. The molecule has 0 aliphatic carbocycles. The molecule has 1 fully saturated rings. The zero-order valence-corrected chi connectivity index (χ0v) is 15.8. The standard InChI is InChI=1S/C21H25NO2S/c1-16-7-6-8-17(13-16)15-24-19-10-9-18(14-20(19)23-2)21(25)22-11-4-3-5-12-22/h6-10,13-14H,3-5,11-12,15H2,1-2H3. The van der Waals surface area contributed by atoms with Crippen molar-refractivity contribution in [1.29, 1.82) is 0 Å². The Morgan fingerprint density at radius 1 is 1.04 bits per heavy atom. The van der Waals surface area contributed by atoms with Gasteiger partial charge >= 0.3 is 0 Å². The highest BCUT2D eigenvalue weighted by Crippen LogP contribution is 2.30. The van der Waals surface area contributed by atoms with E-state index in [4.69, 9.17) is 21.7 Å². The fourth-order valence-corrected chi connectivity index (χ4v) is 3.47. The highest BCUT2D eigenvalue weighted by Gasteiger charge is 2.16. The van der Waals surface area contributed by atoms with Crippen molar-refractivity contribution in [3.8, 4) is 11.5 Å². The van der Waals surface area contributed by atoms with Gasteiger partial charge in [0.05, 0.1) is 7.11 Å². The van der Waals surface area contributed by atoms with Crippen LogP contribution in [0.4, 0.5) is 0 Å². The normalized spacial score (nSPS) is 14.2. The van der Waals surface area contributed by atoms with E-state index in [1.807, 2.05) is 24.3 Å². The lowest BCUT2D eigenvalue weighted by Crippen LogP contribution is -2.34. The van der Waals surface area contributed by atoms with Gasteiger partial charge in [0.2, 0.25) is 0 Å². The van der Waals surface area contributed by atoms with Crippen LogP contribution in [-0.2, 0) is 6.61 Å². The van der Waals surface area contributed by atoms with Gasteiger partial charge in [0.15, 0.2) is 11.5 Å².